The third-order valence-electron chi connectivity index (χ3n) is 1.72. The van der Waals surface area contributed by atoms with Crippen molar-refractivity contribution in [3.8, 4) is 11.1 Å². The van der Waals surface area contributed by atoms with Crippen molar-refractivity contribution >= 4 is 17.4 Å². The van der Waals surface area contributed by atoms with Crippen LogP contribution in [0.1, 0.15) is 0 Å². The van der Waals surface area contributed by atoms with E-state index in [4.69, 9.17) is 21.8 Å². The SMILES string of the molecule is Nc1ncc(-c2ccoc2)cc1Cl. The first-order chi connectivity index (χ1) is 6.27. The van der Waals surface area contributed by atoms with Gasteiger partial charge in [-0.1, -0.05) is 11.6 Å². The molecule has 66 valence electrons. The number of rotatable bonds is 1. The van der Waals surface area contributed by atoms with Gasteiger partial charge in [0.15, 0.2) is 0 Å². The minimum Gasteiger partial charge on any atom is -0.472 e. The van der Waals surface area contributed by atoms with E-state index in [1.165, 1.54) is 0 Å². The third-order valence-corrected chi connectivity index (χ3v) is 2.03. The normalized spacial score (nSPS) is 10.2. The van der Waals surface area contributed by atoms with Gasteiger partial charge in [0, 0.05) is 17.3 Å². The highest BCUT2D eigenvalue weighted by molar-refractivity contribution is 6.33. The van der Waals surface area contributed by atoms with E-state index >= 15 is 0 Å². The fraction of sp³-hybridized carbons (Fsp3) is 0. The van der Waals surface area contributed by atoms with Gasteiger partial charge >= 0.3 is 0 Å². The molecule has 3 nitrogen and oxygen atoms in total. The number of nitrogens with zero attached hydrogens (tertiary/aromatic N) is 1. The second-order valence-corrected chi connectivity index (χ2v) is 3.01. The summed E-state index contributed by atoms with van der Waals surface area (Å²) in [7, 11) is 0. The maximum Gasteiger partial charge on any atom is 0.142 e. The highest BCUT2D eigenvalue weighted by Crippen LogP contribution is 2.24. The smallest absolute Gasteiger partial charge is 0.142 e. The van der Waals surface area contributed by atoms with Gasteiger partial charge in [-0.25, -0.2) is 4.98 Å². The van der Waals surface area contributed by atoms with Crippen LogP contribution in [0.2, 0.25) is 5.02 Å². The van der Waals surface area contributed by atoms with E-state index in [2.05, 4.69) is 4.98 Å². The predicted molar refractivity (Wildman–Crippen MR) is 51.4 cm³/mol. The predicted octanol–water partition coefficient (Wildman–Crippen LogP) is 2.58. The Bertz CT molecular complexity index is 412. The molecule has 0 spiro atoms. The van der Waals surface area contributed by atoms with Gasteiger partial charge in [0.25, 0.3) is 0 Å². The molecular weight excluding hydrogens is 188 g/mol. The average molecular weight is 195 g/mol. The zero-order chi connectivity index (χ0) is 9.26. The van der Waals surface area contributed by atoms with E-state index < -0.39 is 0 Å². The van der Waals surface area contributed by atoms with E-state index in [-0.39, 0.29) is 0 Å². The molecule has 0 fully saturated rings. The van der Waals surface area contributed by atoms with E-state index in [0.717, 1.165) is 11.1 Å². The Labute approximate surface area is 80.1 Å². The van der Waals surface area contributed by atoms with E-state index in [0.29, 0.717) is 10.8 Å². The largest absolute Gasteiger partial charge is 0.472 e. The summed E-state index contributed by atoms with van der Waals surface area (Å²) >= 11 is 5.81. The van der Waals surface area contributed by atoms with Crippen molar-refractivity contribution in [3.05, 3.63) is 35.9 Å². The Hall–Kier alpha value is -1.48. The fourth-order valence-electron chi connectivity index (χ4n) is 1.04. The molecule has 0 atom stereocenters. The molecule has 0 saturated heterocycles. The molecule has 13 heavy (non-hydrogen) atoms. The van der Waals surface area contributed by atoms with Crippen LogP contribution in [0.15, 0.2) is 35.3 Å². The van der Waals surface area contributed by atoms with Gasteiger partial charge < -0.3 is 10.2 Å². The van der Waals surface area contributed by atoms with Crippen molar-refractivity contribution in [2.45, 2.75) is 0 Å². The van der Waals surface area contributed by atoms with Gasteiger partial charge in [0.1, 0.15) is 5.82 Å². The van der Waals surface area contributed by atoms with Gasteiger partial charge in [-0.2, -0.15) is 0 Å². The lowest BCUT2D eigenvalue weighted by Gasteiger charge is -1.99. The lowest BCUT2D eigenvalue weighted by atomic mass is 10.1. The Morgan fingerprint density at radius 3 is 2.85 bits per heavy atom. The topological polar surface area (TPSA) is 52.0 Å². The minimum atomic E-state index is 0.342. The van der Waals surface area contributed by atoms with E-state index in [1.807, 2.05) is 6.07 Å². The molecule has 0 aliphatic heterocycles. The lowest BCUT2D eigenvalue weighted by Crippen LogP contribution is -1.90. The Morgan fingerprint density at radius 1 is 1.38 bits per heavy atom. The third kappa shape index (κ3) is 1.51. The zero-order valence-corrected chi connectivity index (χ0v) is 7.45. The molecule has 2 rings (SSSR count). The summed E-state index contributed by atoms with van der Waals surface area (Å²) in [5, 5.41) is 0.457. The maximum atomic E-state index is 5.81. The Kier molecular flexibility index (Phi) is 1.94. The summed E-state index contributed by atoms with van der Waals surface area (Å²) in [5.74, 6) is 0.342. The highest BCUT2D eigenvalue weighted by atomic mass is 35.5. The molecule has 0 saturated carbocycles. The molecule has 0 unspecified atom stereocenters. The van der Waals surface area contributed by atoms with Crippen molar-refractivity contribution in [2.24, 2.45) is 0 Å². The van der Waals surface area contributed by atoms with Crippen LogP contribution in [0.4, 0.5) is 5.82 Å². The van der Waals surface area contributed by atoms with Gasteiger partial charge in [-0.05, 0) is 12.1 Å². The molecular formula is C9H7ClN2O. The number of furan rings is 1. The van der Waals surface area contributed by atoms with Crippen molar-refractivity contribution in [1.29, 1.82) is 0 Å². The number of anilines is 1. The molecule has 2 aromatic rings. The molecule has 0 radical (unpaired) electrons. The number of halogens is 1. The summed E-state index contributed by atoms with van der Waals surface area (Å²) in [4.78, 5) is 3.94. The summed E-state index contributed by atoms with van der Waals surface area (Å²) in [6, 6.07) is 3.60. The molecule has 0 amide bonds. The van der Waals surface area contributed by atoms with Gasteiger partial charge in [-0.3, -0.25) is 0 Å². The summed E-state index contributed by atoms with van der Waals surface area (Å²) < 4.78 is 4.94. The molecule has 0 aliphatic rings. The van der Waals surface area contributed by atoms with Crippen LogP contribution in [0.25, 0.3) is 11.1 Å². The van der Waals surface area contributed by atoms with Crippen molar-refractivity contribution in [1.82, 2.24) is 4.98 Å². The highest BCUT2D eigenvalue weighted by Gasteiger charge is 2.02. The first kappa shape index (κ1) is 8.13. The monoisotopic (exact) mass is 194 g/mol. The van der Waals surface area contributed by atoms with Crippen molar-refractivity contribution < 1.29 is 4.42 Å². The Morgan fingerprint density at radius 2 is 2.23 bits per heavy atom. The van der Waals surface area contributed by atoms with Crippen LogP contribution in [-0.4, -0.2) is 4.98 Å². The van der Waals surface area contributed by atoms with Crippen molar-refractivity contribution in [2.75, 3.05) is 5.73 Å². The summed E-state index contributed by atoms with van der Waals surface area (Å²) in [6.07, 6.45) is 4.88. The van der Waals surface area contributed by atoms with Gasteiger partial charge in [0.2, 0.25) is 0 Å². The van der Waals surface area contributed by atoms with Crippen LogP contribution in [0.5, 0.6) is 0 Å². The summed E-state index contributed by atoms with van der Waals surface area (Å²) in [6.45, 7) is 0. The second-order valence-electron chi connectivity index (χ2n) is 2.60. The van der Waals surface area contributed by atoms with Crippen LogP contribution in [0.3, 0.4) is 0 Å². The Balaban J connectivity index is 2.49. The second kappa shape index (κ2) is 3.11. The molecule has 2 N–H and O–H groups in total. The molecule has 4 heteroatoms. The first-order valence-corrected chi connectivity index (χ1v) is 4.09. The molecule has 2 aromatic heterocycles. The number of aromatic nitrogens is 1. The van der Waals surface area contributed by atoms with Crippen LogP contribution < -0.4 is 5.73 Å². The molecule has 2 heterocycles. The van der Waals surface area contributed by atoms with E-state index in [9.17, 15) is 0 Å². The number of hydrogen-bond donors (Lipinski definition) is 1. The quantitative estimate of drug-likeness (QED) is 0.759. The summed E-state index contributed by atoms with van der Waals surface area (Å²) in [5.41, 5.74) is 7.31. The average Bonchev–Trinajstić information content (AvgIpc) is 2.62. The molecule has 0 aliphatic carbocycles. The lowest BCUT2D eigenvalue weighted by molar-refractivity contribution is 0.568. The minimum absolute atomic E-state index is 0.342. The number of pyridine rings is 1. The zero-order valence-electron chi connectivity index (χ0n) is 6.70. The van der Waals surface area contributed by atoms with E-state index in [1.54, 1.807) is 24.8 Å². The molecule has 0 aromatic carbocycles. The first-order valence-electron chi connectivity index (χ1n) is 3.71. The van der Waals surface area contributed by atoms with Crippen LogP contribution in [0, 0.1) is 0 Å². The number of nitrogens with two attached hydrogens (primary N) is 1. The number of nitrogen functional groups attached to an aromatic ring is 1. The van der Waals surface area contributed by atoms with Gasteiger partial charge in [-0.15, -0.1) is 0 Å². The standard InChI is InChI=1S/C9H7ClN2O/c10-8-3-7(4-12-9(8)11)6-1-2-13-5-6/h1-5H,(H2,11,12). The molecule has 0 bridgehead atoms. The van der Waals surface area contributed by atoms with Crippen LogP contribution >= 0.6 is 11.6 Å². The maximum absolute atomic E-state index is 5.81. The van der Waals surface area contributed by atoms with Crippen molar-refractivity contribution in [3.63, 3.8) is 0 Å². The number of hydrogen-bond acceptors (Lipinski definition) is 3. The fourth-order valence-corrected chi connectivity index (χ4v) is 1.20. The van der Waals surface area contributed by atoms with Crippen LogP contribution in [-0.2, 0) is 0 Å². The van der Waals surface area contributed by atoms with Gasteiger partial charge in [0.05, 0.1) is 17.5 Å².